The number of fused-ring (bicyclic) bond motifs is 1. The number of hydrogen-bond acceptors (Lipinski definition) is 3. The van der Waals surface area contributed by atoms with Crippen LogP contribution in [0.25, 0.3) is 5.52 Å². The molecule has 102 valence electrons. The molecule has 1 N–H and O–H groups in total. The Hall–Kier alpha value is -2.63. The summed E-state index contributed by atoms with van der Waals surface area (Å²) in [5, 5.41) is 7.06. The molecule has 6 heteroatoms. The molecule has 3 rings (SSSR count). The Morgan fingerprint density at radius 3 is 3.00 bits per heavy atom. The van der Waals surface area contributed by atoms with Gasteiger partial charge in [0.25, 0.3) is 5.91 Å². The summed E-state index contributed by atoms with van der Waals surface area (Å²) < 4.78 is 3.59. The normalized spacial score (nSPS) is 10.9. The molecule has 0 bridgehead atoms. The van der Waals surface area contributed by atoms with Crippen LogP contribution < -0.4 is 5.32 Å². The number of rotatable bonds is 3. The first-order valence-corrected chi connectivity index (χ1v) is 6.33. The van der Waals surface area contributed by atoms with Crippen LogP contribution in [0, 0.1) is 6.92 Å². The van der Waals surface area contributed by atoms with E-state index in [1.54, 1.807) is 16.9 Å². The second-order valence-electron chi connectivity index (χ2n) is 4.73. The molecule has 0 aliphatic rings. The summed E-state index contributed by atoms with van der Waals surface area (Å²) in [6, 6.07) is 3.87. The van der Waals surface area contributed by atoms with Crippen molar-refractivity contribution in [2.75, 3.05) is 0 Å². The number of hydrogen-bond donors (Lipinski definition) is 1. The van der Waals surface area contributed by atoms with Gasteiger partial charge >= 0.3 is 0 Å². The van der Waals surface area contributed by atoms with E-state index >= 15 is 0 Å². The Kier molecular flexibility index (Phi) is 2.98. The maximum Gasteiger partial charge on any atom is 0.255 e. The van der Waals surface area contributed by atoms with E-state index in [-0.39, 0.29) is 5.91 Å². The molecule has 0 radical (unpaired) electrons. The van der Waals surface area contributed by atoms with E-state index in [1.807, 2.05) is 43.1 Å². The van der Waals surface area contributed by atoms with Crippen molar-refractivity contribution in [3.8, 4) is 0 Å². The first-order chi connectivity index (χ1) is 9.65. The highest BCUT2D eigenvalue weighted by molar-refractivity contribution is 6.00. The zero-order valence-corrected chi connectivity index (χ0v) is 11.4. The number of imidazole rings is 1. The molecule has 6 nitrogen and oxygen atoms in total. The van der Waals surface area contributed by atoms with Gasteiger partial charge in [-0.2, -0.15) is 5.10 Å². The average molecular weight is 269 g/mol. The molecule has 1 amide bonds. The molecular formula is C14H15N5O. The summed E-state index contributed by atoms with van der Waals surface area (Å²) in [6.07, 6.45) is 7.03. The minimum atomic E-state index is -0.146. The topological polar surface area (TPSA) is 64.2 Å². The Morgan fingerprint density at radius 2 is 2.25 bits per heavy atom. The molecular weight excluding hydrogens is 254 g/mol. The quantitative estimate of drug-likeness (QED) is 0.779. The van der Waals surface area contributed by atoms with Crippen LogP contribution in [-0.2, 0) is 13.6 Å². The molecule has 3 aromatic rings. The van der Waals surface area contributed by atoms with Gasteiger partial charge in [0, 0.05) is 25.6 Å². The molecule has 0 aromatic carbocycles. The van der Waals surface area contributed by atoms with Gasteiger partial charge in [-0.1, -0.05) is 6.07 Å². The van der Waals surface area contributed by atoms with E-state index in [4.69, 9.17) is 0 Å². The highest BCUT2D eigenvalue weighted by atomic mass is 16.1. The van der Waals surface area contributed by atoms with E-state index in [0.717, 1.165) is 16.9 Å². The van der Waals surface area contributed by atoms with Crippen molar-refractivity contribution in [1.29, 1.82) is 0 Å². The van der Waals surface area contributed by atoms with E-state index < -0.39 is 0 Å². The molecule has 0 aliphatic heterocycles. The minimum Gasteiger partial charge on any atom is -0.345 e. The number of carbonyl (C=O) groups is 1. The van der Waals surface area contributed by atoms with Gasteiger partial charge in [0.15, 0.2) is 0 Å². The molecule has 3 aromatic heterocycles. The van der Waals surface area contributed by atoms with Gasteiger partial charge in [-0.05, 0) is 18.6 Å². The third-order valence-electron chi connectivity index (χ3n) is 3.24. The number of pyridine rings is 1. The van der Waals surface area contributed by atoms with Crippen LogP contribution >= 0.6 is 0 Å². The molecule has 0 saturated heterocycles. The van der Waals surface area contributed by atoms with E-state index in [2.05, 4.69) is 15.4 Å². The standard InChI is InChI=1S/C14H15N5O/c1-10-3-4-12-11(7-17-19(12)9-10)14(20)16-8-13-15-5-6-18(13)2/h3-7,9H,8H2,1-2H3,(H,16,20). The monoisotopic (exact) mass is 269 g/mol. The Morgan fingerprint density at radius 1 is 1.40 bits per heavy atom. The van der Waals surface area contributed by atoms with Crippen LogP contribution in [0.5, 0.6) is 0 Å². The first kappa shape index (κ1) is 12.4. The molecule has 0 aliphatic carbocycles. The van der Waals surface area contributed by atoms with Crippen LogP contribution in [0.3, 0.4) is 0 Å². The number of nitrogens with one attached hydrogen (secondary N) is 1. The molecule has 0 spiro atoms. The Labute approximate surface area is 116 Å². The van der Waals surface area contributed by atoms with Crippen LogP contribution in [0.1, 0.15) is 21.7 Å². The highest BCUT2D eigenvalue weighted by Crippen LogP contribution is 2.11. The number of aryl methyl sites for hydroxylation is 2. The largest absolute Gasteiger partial charge is 0.345 e. The fraction of sp³-hybridized carbons (Fsp3) is 0.214. The third-order valence-corrected chi connectivity index (χ3v) is 3.24. The SMILES string of the molecule is Cc1ccc2c(C(=O)NCc3nccn3C)cnn2c1. The lowest BCUT2D eigenvalue weighted by Crippen LogP contribution is -2.24. The summed E-state index contributed by atoms with van der Waals surface area (Å²) in [6.45, 7) is 2.38. The van der Waals surface area contributed by atoms with Crippen molar-refractivity contribution < 1.29 is 4.79 Å². The van der Waals surface area contributed by atoms with Crippen molar-refractivity contribution in [3.05, 3.63) is 53.9 Å². The molecule has 0 saturated carbocycles. The maximum atomic E-state index is 12.2. The lowest BCUT2D eigenvalue weighted by atomic mass is 10.2. The van der Waals surface area contributed by atoms with Crippen molar-refractivity contribution >= 4 is 11.4 Å². The van der Waals surface area contributed by atoms with Gasteiger partial charge in [0.2, 0.25) is 0 Å². The predicted molar refractivity (Wildman–Crippen MR) is 74.3 cm³/mol. The molecule has 0 unspecified atom stereocenters. The third kappa shape index (κ3) is 2.16. The smallest absolute Gasteiger partial charge is 0.255 e. The summed E-state index contributed by atoms with van der Waals surface area (Å²) in [5.74, 6) is 0.664. The maximum absolute atomic E-state index is 12.2. The number of aromatic nitrogens is 4. The number of amides is 1. The molecule has 20 heavy (non-hydrogen) atoms. The molecule has 0 fully saturated rings. The zero-order chi connectivity index (χ0) is 14.1. The van der Waals surface area contributed by atoms with E-state index in [1.165, 1.54) is 0 Å². The van der Waals surface area contributed by atoms with Gasteiger partial charge in [-0.25, -0.2) is 9.50 Å². The summed E-state index contributed by atoms with van der Waals surface area (Å²) in [7, 11) is 1.90. The van der Waals surface area contributed by atoms with Crippen molar-refractivity contribution in [3.63, 3.8) is 0 Å². The van der Waals surface area contributed by atoms with Crippen LogP contribution in [0.15, 0.2) is 36.9 Å². The summed E-state index contributed by atoms with van der Waals surface area (Å²) in [5.41, 5.74) is 2.47. The second kappa shape index (κ2) is 4.80. The molecule has 3 heterocycles. The van der Waals surface area contributed by atoms with Gasteiger partial charge in [-0.3, -0.25) is 4.79 Å². The van der Waals surface area contributed by atoms with Gasteiger partial charge in [0.1, 0.15) is 5.82 Å². The predicted octanol–water partition coefficient (Wildman–Crippen LogP) is 1.31. The van der Waals surface area contributed by atoms with Crippen LogP contribution in [0.4, 0.5) is 0 Å². The second-order valence-corrected chi connectivity index (χ2v) is 4.73. The summed E-state index contributed by atoms with van der Waals surface area (Å²) >= 11 is 0. The van der Waals surface area contributed by atoms with Crippen molar-refractivity contribution in [2.45, 2.75) is 13.5 Å². The van der Waals surface area contributed by atoms with Gasteiger partial charge < -0.3 is 9.88 Å². The van der Waals surface area contributed by atoms with Crippen molar-refractivity contribution in [2.24, 2.45) is 7.05 Å². The van der Waals surface area contributed by atoms with E-state index in [0.29, 0.717) is 12.1 Å². The lowest BCUT2D eigenvalue weighted by Gasteiger charge is -2.04. The minimum absolute atomic E-state index is 0.146. The Balaban J connectivity index is 1.81. The highest BCUT2D eigenvalue weighted by Gasteiger charge is 2.12. The Bertz CT molecular complexity index is 771. The number of carbonyl (C=O) groups excluding carboxylic acids is 1. The fourth-order valence-electron chi connectivity index (χ4n) is 2.08. The summed E-state index contributed by atoms with van der Waals surface area (Å²) in [4.78, 5) is 16.4. The zero-order valence-electron chi connectivity index (χ0n) is 11.4. The first-order valence-electron chi connectivity index (χ1n) is 6.33. The van der Waals surface area contributed by atoms with E-state index in [9.17, 15) is 4.79 Å². The number of nitrogens with zero attached hydrogens (tertiary/aromatic N) is 4. The molecule has 0 atom stereocenters. The average Bonchev–Trinajstić information content (AvgIpc) is 3.02. The fourth-order valence-corrected chi connectivity index (χ4v) is 2.08. The van der Waals surface area contributed by atoms with Crippen LogP contribution in [0.2, 0.25) is 0 Å². The van der Waals surface area contributed by atoms with Gasteiger partial charge in [-0.15, -0.1) is 0 Å². The van der Waals surface area contributed by atoms with Gasteiger partial charge in [0.05, 0.1) is 23.8 Å². The lowest BCUT2D eigenvalue weighted by molar-refractivity contribution is 0.0951. The van der Waals surface area contributed by atoms with Crippen LogP contribution in [-0.4, -0.2) is 25.1 Å². The van der Waals surface area contributed by atoms with Crippen molar-refractivity contribution in [1.82, 2.24) is 24.5 Å².